The second-order valence-corrected chi connectivity index (χ2v) is 3.12. The van der Waals surface area contributed by atoms with Gasteiger partial charge >= 0.3 is 0 Å². The van der Waals surface area contributed by atoms with E-state index in [-0.39, 0.29) is 5.82 Å². The van der Waals surface area contributed by atoms with Crippen LogP contribution in [0.15, 0.2) is 12.3 Å². The van der Waals surface area contributed by atoms with Crippen molar-refractivity contribution in [2.75, 3.05) is 11.9 Å². The van der Waals surface area contributed by atoms with E-state index in [9.17, 15) is 9.18 Å². The van der Waals surface area contributed by atoms with Gasteiger partial charge < -0.3 is 16.2 Å². The SMILES string of the molecule is Cc1cnc(NC(=O)C(N)CO)c(F)c1. The number of nitrogens with one attached hydrogen (secondary N) is 1. The Kier molecular flexibility index (Phi) is 3.70. The first-order valence-corrected chi connectivity index (χ1v) is 4.34. The Morgan fingerprint density at radius 2 is 2.47 bits per heavy atom. The van der Waals surface area contributed by atoms with Gasteiger partial charge in [-0.1, -0.05) is 0 Å². The molecule has 0 fully saturated rings. The van der Waals surface area contributed by atoms with Crippen molar-refractivity contribution < 1.29 is 14.3 Å². The lowest BCUT2D eigenvalue weighted by molar-refractivity contribution is -0.118. The van der Waals surface area contributed by atoms with Crippen LogP contribution >= 0.6 is 0 Å². The second kappa shape index (κ2) is 4.81. The molecule has 0 aromatic carbocycles. The van der Waals surface area contributed by atoms with Gasteiger partial charge in [0.2, 0.25) is 5.91 Å². The van der Waals surface area contributed by atoms with Crippen LogP contribution in [-0.2, 0) is 4.79 Å². The zero-order valence-corrected chi connectivity index (χ0v) is 8.20. The maximum absolute atomic E-state index is 13.2. The van der Waals surface area contributed by atoms with Crippen LogP contribution in [0.3, 0.4) is 0 Å². The number of carbonyl (C=O) groups is 1. The Morgan fingerprint density at radius 1 is 1.80 bits per heavy atom. The molecule has 1 amide bonds. The molecule has 0 saturated heterocycles. The summed E-state index contributed by atoms with van der Waals surface area (Å²) in [5.41, 5.74) is 5.88. The van der Waals surface area contributed by atoms with Crippen molar-refractivity contribution in [3.8, 4) is 0 Å². The molecule has 15 heavy (non-hydrogen) atoms. The third-order valence-corrected chi connectivity index (χ3v) is 1.75. The molecule has 0 spiro atoms. The molecule has 0 aliphatic carbocycles. The Morgan fingerprint density at radius 3 is 3.00 bits per heavy atom. The molecule has 1 unspecified atom stereocenters. The number of aromatic nitrogens is 1. The molecule has 1 rings (SSSR count). The lowest BCUT2D eigenvalue weighted by Gasteiger charge is -2.09. The van der Waals surface area contributed by atoms with Gasteiger partial charge in [0.1, 0.15) is 6.04 Å². The van der Waals surface area contributed by atoms with Gasteiger partial charge in [0.05, 0.1) is 6.61 Å². The molecule has 6 heteroatoms. The number of aliphatic hydroxyl groups excluding tert-OH is 1. The normalized spacial score (nSPS) is 12.3. The van der Waals surface area contributed by atoms with E-state index in [4.69, 9.17) is 10.8 Å². The summed E-state index contributed by atoms with van der Waals surface area (Å²) in [6.07, 6.45) is 1.42. The zero-order valence-electron chi connectivity index (χ0n) is 8.20. The summed E-state index contributed by atoms with van der Waals surface area (Å²) in [6, 6.07) is 0.167. The van der Waals surface area contributed by atoms with Crippen molar-refractivity contribution in [3.05, 3.63) is 23.6 Å². The third kappa shape index (κ3) is 2.97. The van der Waals surface area contributed by atoms with Gasteiger partial charge in [0.15, 0.2) is 11.6 Å². The fourth-order valence-electron chi connectivity index (χ4n) is 0.918. The molecule has 82 valence electrons. The summed E-state index contributed by atoms with van der Waals surface area (Å²) >= 11 is 0. The van der Waals surface area contributed by atoms with E-state index in [0.717, 1.165) is 0 Å². The Hall–Kier alpha value is -1.53. The average Bonchev–Trinajstić information content (AvgIpc) is 2.20. The lowest BCUT2D eigenvalue weighted by atomic mass is 10.3. The third-order valence-electron chi connectivity index (χ3n) is 1.75. The number of aryl methyl sites for hydroxylation is 1. The van der Waals surface area contributed by atoms with Crippen LogP contribution in [-0.4, -0.2) is 28.6 Å². The fourth-order valence-corrected chi connectivity index (χ4v) is 0.918. The number of pyridine rings is 1. The van der Waals surface area contributed by atoms with Gasteiger partial charge in [-0.2, -0.15) is 0 Å². The molecule has 1 heterocycles. The number of carbonyl (C=O) groups excluding carboxylic acids is 1. The number of nitrogens with zero attached hydrogens (tertiary/aromatic N) is 1. The molecule has 1 aromatic heterocycles. The van der Waals surface area contributed by atoms with Gasteiger partial charge in [0, 0.05) is 6.20 Å². The molecule has 0 aliphatic rings. The van der Waals surface area contributed by atoms with Crippen LogP contribution < -0.4 is 11.1 Å². The molecule has 0 bridgehead atoms. The van der Waals surface area contributed by atoms with Crippen LogP contribution in [0.4, 0.5) is 10.2 Å². The minimum atomic E-state index is -1.08. The Bertz CT molecular complexity index is 370. The summed E-state index contributed by atoms with van der Waals surface area (Å²) in [5, 5.41) is 10.8. The van der Waals surface area contributed by atoms with Gasteiger partial charge in [-0.3, -0.25) is 4.79 Å². The largest absolute Gasteiger partial charge is 0.394 e. The molecular formula is C9H12FN3O2. The van der Waals surface area contributed by atoms with Crippen LogP contribution in [0, 0.1) is 12.7 Å². The number of anilines is 1. The minimum absolute atomic E-state index is 0.186. The van der Waals surface area contributed by atoms with Crippen molar-refractivity contribution in [3.63, 3.8) is 0 Å². The molecule has 5 nitrogen and oxygen atoms in total. The Labute approximate surface area is 86.1 Å². The predicted molar refractivity (Wildman–Crippen MR) is 52.6 cm³/mol. The van der Waals surface area contributed by atoms with Gasteiger partial charge in [-0.25, -0.2) is 9.37 Å². The van der Waals surface area contributed by atoms with E-state index in [2.05, 4.69) is 10.3 Å². The van der Waals surface area contributed by atoms with Crippen molar-refractivity contribution in [1.82, 2.24) is 4.98 Å². The second-order valence-electron chi connectivity index (χ2n) is 3.12. The molecular weight excluding hydrogens is 201 g/mol. The number of hydrogen-bond donors (Lipinski definition) is 3. The minimum Gasteiger partial charge on any atom is -0.394 e. The predicted octanol–water partition coefficient (Wildman–Crippen LogP) is -0.213. The molecule has 0 aliphatic heterocycles. The van der Waals surface area contributed by atoms with Crippen LogP contribution in [0.1, 0.15) is 5.56 Å². The van der Waals surface area contributed by atoms with E-state index < -0.39 is 24.4 Å². The van der Waals surface area contributed by atoms with E-state index in [1.165, 1.54) is 12.3 Å². The summed E-state index contributed by atoms with van der Waals surface area (Å²) in [5.74, 6) is -1.49. The topological polar surface area (TPSA) is 88.2 Å². The van der Waals surface area contributed by atoms with Crippen LogP contribution in [0.5, 0.6) is 0 Å². The summed E-state index contributed by atoms with van der Waals surface area (Å²) in [4.78, 5) is 14.9. The number of hydrogen-bond acceptors (Lipinski definition) is 4. The summed E-state index contributed by atoms with van der Waals surface area (Å²) in [7, 11) is 0. The number of aliphatic hydroxyl groups is 1. The first-order chi connectivity index (χ1) is 7.04. The summed E-state index contributed by atoms with van der Waals surface area (Å²) in [6.45, 7) is 1.18. The quantitative estimate of drug-likeness (QED) is 0.648. The van der Waals surface area contributed by atoms with Crippen molar-refractivity contribution in [2.24, 2.45) is 5.73 Å². The monoisotopic (exact) mass is 213 g/mol. The highest BCUT2D eigenvalue weighted by Gasteiger charge is 2.14. The smallest absolute Gasteiger partial charge is 0.244 e. The van der Waals surface area contributed by atoms with Crippen molar-refractivity contribution in [2.45, 2.75) is 13.0 Å². The van der Waals surface area contributed by atoms with Crippen molar-refractivity contribution in [1.29, 1.82) is 0 Å². The first kappa shape index (κ1) is 11.5. The fraction of sp³-hybridized carbons (Fsp3) is 0.333. The standard InChI is InChI=1S/C9H12FN3O2/c1-5-2-6(10)8(12-3-5)13-9(15)7(11)4-14/h2-3,7,14H,4,11H2,1H3,(H,12,13,15). The number of halogens is 1. The molecule has 1 atom stereocenters. The lowest BCUT2D eigenvalue weighted by Crippen LogP contribution is -2.38. The molecule has 0 saturated carbocycles. The van der Waals surface area contributed by atoms with Crippen molar-refractivity contribution >= 4 is 11.7 Å². The number of nitrogens with two attached hydrogens (primary N) is 1. The molecule has 4 N–H and O–H groups in total. The number of amides is 1. The number of rotatable bonds is 3. The zero-order chi connectivity index (χ0) is 11.4. The van der Waals surface area contributed by atoms with Gasteiger partial charge in [-0.15, -0.1) is 0 Å². The van der Waals surface area contributed by atoms with E-state index in [1.54, 1.807) is 6.92 Å². The van der Waals surface area contributed by atoms with Crippen LogP contribution in [0.2, 0.25) is 0 Å². The Balaban J connectivity index is 2.77. The molecule has 1 aromatic rings. The van der Waals surface area contributed by atoms with Gasteiger partial charge in [0.25, 0.3) is 0 Å². The highest BCUT2D eigenvalue weighted by molar-refractivity contribution is 5.94. The van der Waals surface area contributed by atoms with E-state index in [1.807, 2.05) is 0 Å². The molecule has 0 radical (unpaired) electrons. The first-order valence-electron chi connectivity index (χ1n) is 4.34. The van der Waals surface area contributed by atoms with E-state index >= 15 is 0 Å². The van der Waals surface area contributed by atoms with Crippen LogP contribution in [0.25, 0.3) is 0 Å². The maximum Gasteiger partial charge on any atom is 0.244 e. The van der Waals surface area contributed by atoms with E-state index in [0.29, 0.717) is 5.56 Å². The highest BCUT2D eigenvalue weighted by atomic mass is 19.1. The summed E-state index contributed by atoms with van der Waals surface area (Å²) < 4.78 is 13.2. The average molecular weight is 213 g/mol. The van der Waals surface area contributed by atoms with Gasteiger partial charge in [-0.05, 0) is 18.6 Å². The highest BCUT2D eigenvalue weighted by Crippen LogP contribution is 2.11. The maximum atomic E-state index is 13.2.